The largest absolute Gasteiger partial charge is 0.452 e. The first kappa shape index (κ1) is 19.7. The summed E-state index contributed by atoms with van der Waals surface area (Å²) in [5, 5.41) is 6.53. The van der Waals surface area contributed by atoms with Crippen LogP contribution in [0.3, 0.4) is 0 Å². The Bertz CT molecular complexity index is 763. The van der Waals surface area contributed by atoms with Crippen LogP contribution >= 0.6 is 0 Å². The molecule has 1 heterocycles. The Balaban J connectivity index is 1.93. The van der Waals surface area contributed by atoms with Gasteiger partial charge in [-0.2, -0.15) is 0 Å². The Morgan fingerprint density at radius 1 is 1.19 bits per heavy atom. The fourth-order valence-electron chi connectivity index (χ4n) is 2.56. The molecule has 1 aromatic heterocycles. The minimum Gasteiger partial charge on any atom is -0.452 e. The average molecular weight is 358 g/mol. The zero-order valence-corrected chi connectivity index (χ0v) is 16.0. The van der Waals surface area contributed by atoms with Crippen molar-refractivity contribution in [3.05, 3.63) is 46.8 Å². The van der Waals surface area contributed by atoms with E-state index >= 15 is 0 Å². The summed E-state index contributed by atoms with van der Waals surface area (Å²) in [6, 6.07) is 7.68. The predicted octanol–water partition coefficient (Wildman–Crippen LogP) is 4.42. The first-order valence-corrected chi connectivity index (χ1v) is 8.86. The molecule has 0 fully saturated rings. The van der Waals surface area contributed by atoms with Crippen LogP contribution in [-0.2, 0) is 9.53 Å². The minimum atomic E-state index is -0.602. The number of amides is 1. The van der Waals surface area contributed by atoms with Crippen molar-refractivity contribution in [2.45, 2.75) is 52.9 Å². The van der Waals surface area contributed by atoms with E-state index in [-0.39, 0.29) is 12.5 Å². The van der Waals surface area contributed by atoms with Crippen LogP contribution < -0.4 is 5.32 Å². The third-order valence-corrected chi connectivity index (χ3v) is 4.33. The Labute approximate surface area is 153 Å². The monoisotopic (exact) mass is 358 g/mol. The molecule has 0 spiro atoms. The molecule has 0 saturated carbocycles. The summed E-state index contributed by atoms with van der Waals surface area (Å²) in [5.41, 5.74) is 2.65. The molecule has 1 aromatic carbocycles. The van der Waals surface area contributed by atoms with Gasteiger partial charge in [0.25, 0.3) is 5.91 Å². The highest BCUT2D eigenvalue weighted by Gasteiger charge is 2.24. The number of anilines is 1. The molecule has 2 aromatic rings. The average Bonchev–Trinajstić information content (AvgIpc) is 3.01. The molecular formula is C20H26N2O4. The number of aromatic nitrogens is 1. The van der Waals surface area contributed by atoms with E-state index < -0.39 is 11.9 Å². The first-order chi connectivity index (χ1) is 12.3. The molecule has 140 valence electrons. The highest BCUT2D eigenvalue weighted by atomic mass is 16.5. The summed E-state index contributed by atoms with van der Waals surface area (Å²) in [4.78, 5) is 24.3. The van der Waals surface area contributed by atoms with Gasteiger partial charge in [-0.3, -0.25) is 4.79 Å². The molecular weight excluding hydrogens is 332 g/mol. The number of rotatable bonds is 7. The maximum absolute atomic E-state index is 12.3. The van der Waals surface area contributed by atoms with Gasteiger partial charge in [-0.1, -0.05) is 45.0 Å². The van der Waals surface area contributed by atoms with Crippen LogP contribution in [0.2, 0.25) is 0 Å². The summed E-state index contributed by atoms with van der Waals surface area (Å²) in [6.45, 7) is 9.39. The van der Waals surface area contributed by atoms with Crippen molar-refractivity contribution in [2.75, 3.05) is 11.9 Å². The maximum Gasteiger partial charge on any atom is 0.344 e. The lowest BCUT2D eigenvalue weighted by Gasteiger charge is -2.11. The number of ether oxygens (including phenoxy) is 1. The van der Waals surface area contributed by atoms with E-state index in [9.17, 15) is 9.59 Å². The van der Waals surface area contributed by atoms with Crippen molar-refractivity contribution in [3.63, 3.8) is 0 Å². The summed E-state index contributed by atoms with van der Waals surface area (Å²) in [7, 11) is 0. The van der Waals surface area contributed by atoms with Crippen LogP contribution in [0.5, 0.6) is 0 Å². The summed E-state index contributed by atoms with van der Waals surface area (Å²) >= 11 is 0. The standard InChI is InChI=1S/C20H26N2O4/c1-6-13(4)15-7-9-16(10-8-15)21-17(23)11-25-20(24)18-14(5)22-26-19(18)12(2)3/h7-10,12-13H,6,11H2,1-5H3,(H,21,23)/t13-/m0/s1. The van der Waals surface area contributed by atoms with Gasteiger partial charge in [0.1, 0.15) is 5.56 Å². The molecule has 1 amide bonds. The Kier molecular flexibility index (Phi) is 6.55. The van der Waals surface area contributed by atoms with Gasteiger partial charge in [0.2, 0.25) is 0 Å². The number of hydrogen-bond acceptors (Lipinski definition) is 5. The number of esters is 1. The smallest absolute Gasteiger partial charge is 0.344 e. The van der Waals surface area contributed by atoms with Crippen molar-refractivity contribution in [3.8, 4) is 0 Å². The quantitative estimate of drug-likeness (QED) is 0.741. The fraction of sp³-hybridized carbons (Fsp3) is 0.450. The van der Waals surface area contributed by atoms with Crippen molar-refractivity contribution >= 4 is 17.6 Å². The van der Waals surface area contributed by atoms with Crippen LogP contribution in [-0.4, -0.2) is 23.6 Å². The highest BCUT2D eigenvalue weighted by molar-refractivity contribution is 5.96. The molecule has 1 N–H and O–H groups in total. The first-order valence-electron chi connectivity index (χ1n) is 8.86. The Hall–Kier alpha value is -2.63. The van der Waals surface area contributed by atoms with Gasteiger partial charge in [0, 0.05) is 11.6 Å². The zero-order chi connectivity index (χ0) is 19.3. The number of carbonyl (C=O) groups is 2. The SMILES string of the molecule is CC[C@H](C)c1ccc(NC(=O)COC(=O)c2c(C)noc2C(C)C)cc1. The molecule has 6 heteroatoms. The molecule has 26 heavy (non-hydrogen) atoms. The molecule has 0 aliphatic heterocycles. The van der Waals surface area contributed by atoms with E-state index in [0.717, 1.165) is 6.42 Å². The van der Waals surface area contributed by atoms with Crippen molar-refractivity contribution in [1.29, 1.82) is 0 Å². The third-order valence-electron chi connectivity index (χ3n) is 4.33. The lowest BCUT2D eigenvalue weighted by atomic mass is 9.99. The minimum absolute atomic E-state index is 0.00314. The van der Waals surface area contributed by atoms with Crippen molar-refractivity contribution < 1.29 is 18.8 Å². The number of aryl methyl sites for hydroxylation is 1. The molecule has 0 saturated heterocycles. The second kappa shape index (κ2) is 8.65. The Morgan fingerprint density at radius 2 is 1.85 bits per heavy atom. The summed E-state index contributed by atoms with van der Waals surface area (Å²) in [6.07, 6.45) is 1.06. The number of nitrogens with one attached hydrogen (secondary N) is 1. The molecule has 0 aliphatic rings. The van der Waals surface area contributed by atoms with Crippen molar-refractivity contribution in [2.24, 2.45) is 0 Å². The Morgan fingerprint density at radius 3 is 2.42 bits per heavy atom. The van der Waals surface area contributed by atoms with Crippen LogP contribution in [0.1, 0.15) is 73.3 Å². The molecule has 2 rings (SSSR count). The van der Waals surface area contributed by atoms with Gasteiger partial charge in [0.05, 0.1) is 5.69 Å². The molecule has 0 radical (unpaired) electrons. The van der Waals surface area contributed by atoms with Gasteiger partial charge in [0.15, 0.2) is 12.4 Å². The molecule has 6 nitrogen and oxygen atoms in total. The third kappa shape index (κ3) is 4.71. The normalized spacial score (nSPS) is 12.1. The van der Waals surface area contributed by atoms with Gasteiger partial charge in [-0.25, -0.2) is 4.79 Å². The van der Waals surface area contributed by atoms with Gasteiger partial charge in [-0.05, 0) is 37.0 Å². The van der Waals surface area contributed by atoms with Gasteiger partial charge < -0.3 is 14.6 Å². The number of benzene rings is 1. The number of hydrogen-bond donors (Lipinski definition) is 1. The maximum atomic E-state index is 12.3. The van der Waals surface area contributed by atoms with Crippen LogP contribution in [0.25, 0.3) is 0 Å². The predicted molar refractivity (Wildman–Crippen MR) is 99.4 cm³/mol. The zero-order valence-electron chi connectivity index (χ0n) is 16.0. The second-order valence-electron chi connectivity index (χ2n) is 6.72. The molecule has 0 unspecified atom stereocenters. The van der Waals surface area contributed by atoms with Crippen molar-refractivity contribution in [1.82, 2.24) is 5.16 Å². The fourth-order valence-corrected chi connectivity index (χ4v) is 2.56. The van der Waals surface area contributed by atoms with Gasteiger partial charge in [-0.15, -0.1) is 0 Å². The van der Waals surface area contributed by atoms with E-state index in [4.69, 9.17) is 9.26 Å². The van der Waals surface area contributed by atoms with Crippen LogP contribution in [0.4, 0.5) is 5.69 Å². The van der Waals surface area contributed by atoms with E-state index in [1.165, 1.54) is 5.56 Å². The summed E-state index contributed by atoms with van der Waals surface area (Å²) in [5.74, 6) is -0.0580. The van der Waals surface area contributed by atoms with E-state index in [1.807, 2.05) is 38.1 Å². The van der Waals surface area contributed by atoms with E-state index in [2.05, 4.69) is 24.3 Å². The van der Waals surface area contributed by atoms with E-state index in [0.29, 0.717) is 28.6 Å². The molecule has 1 atom stereocenters. The summed E-state index contributed by atoms with van der Waals surface area (Å²) < 4.78 is 10.3. The second-order valence-corrected chi connectivity index (χ2v) is 6.72. The topological polar surface area (TPSA) is 81.4 Å². The van der Waals surface area contributed by atoms with Crippen LogP contribution in [0, 0.1) is 6.92 Å². The highest BCUT2D eigenvalue weighted by Crippen LogP contribution is 2.23. The number of carbonyl (C=O) groups excluding carboxylic acids is 2. The molecule has 0 bridgehead atoms. The lowest BCUT2D eigenvalue weighted by molar-refractivity contribution is -0.119. The number of nitrogens with zero attached hydrogens (tertiary/aromatic N) is 1. The molecule has 0 aliphatic carbocycles. The van der Waals surface area contributed by atoms with Crippen LogP contribution in [0.15, 0.2) is 28.8 Å². The lowest BCUT2D eigenvalue weighted by Crippen LogP contribution is -2.21. The van der Waals surface area contributed by atoms with Gasteiger partial charge >= 0.3 is 5.97 Å². The van der Waals surface area contributed by atoms with E-state index in [1.54, 1.807) is 6.92 Å².